The van der Waals surface area contributed by atoms with Gasteiger partial charge in [-0.2, -0.15) is 13.2 Å². The Morgan fingerprint density at radius 1 is 1.29 bits per heavy atom. The molecule has 1 aromatic carbocycles. The van der Waals surface area contributed by atoms with E-state index in [9.17, 15) is 22.4 Å². The van der Waals surface area contributed by atoms with Crippen molar-refractivity contribution in [2.24, 2.45) is 0 Å². The first-order valence-corrected chi connectivity index (χ1v) is 7.88. The molecule has 0 aliphatic rings. The standard InChI is InChI=1S/C15H11ClF4N2OS/c1-8(14(23)22-12-4-3-10(17)6-11(12)16)24-13-5-2-9(7-21-13)15(18,19)20/h2-8H,1H3,(H,22,23). The lowest BCUT2D eigenvalue weighted by Crippen LogP contribution is -2.22. The van der Waals surface area contributed by atoms with Gasteiger partial charge in [0.2, 0.25) is 5.91 Å². The average Bonchev–Trinajstić information content (AvgIpc) is 2.49. The van der Waals surface area contributed by atoms with Crippen molar-refractivity contribution in [2.75, 3.05) is 5.32 Å². The third-order valence-electron chi connectivity index (χ3n) is 2.92. The Bertz CT molecular complexity index is 737. The first-order valence-electron chi connectivity index (χ1n) is 6.62. The van der Waals surface area contributed by atoms with Gasteiger partial charge in [0.15, 0.2) is 0 Å². The van der Waals surface area contributed by atoms with Crippen LogP contribution in [-0.2, 0) is 11.0 Å². The fourth-order valence-corrected chi connectivity index (χ4v) is 2.68. The molecule has 1 heterocycles. The number of carbonyl (C=O) groups excluding carboxylic acids is 1. The predicted molar refractivity (Wildman–Crippen MR) is 84.6 cm³/mol. The van der Waals surface area contributed by atoms with Crippen LogP contribution in [0, 0.1) is 5.82 Å². The molecule has 0 radical (unpaired) electrons. The second-order valence-electron chi connectivity index (χ2n) is 4.76. The number of halogens is 5. The van der Waals surface area contributed by atoms with Crippen molar-refractivity contribution in [2.45, 2.75) is 23.4 Å². The van der Waals surface area contributed by atoms with E-state index in [2.05, 4.69) is 10.3 Å². The lowest BCUT2D eigenvalue weighted by atomic mass is 10.3. The summed E-state index contributed by atoms with van der Waals surface area (Å²) in [7, 11) is 0. The van der Waals surface area contributed by atoms with E-state index in [1.54, 1.807) is 6.92 Å². The number of aromatic nitrogens is 1. The Balaban J connectivity index is 2.01. The molecule has 1 N–H and O–H groups in total. The van der Waals surface area contributed by atoms with Gasteiger partial charge in [0.1, 0.15) is 5.82 Å². The van der Waals surface area contributed by atoms with Crippen LogP contribution in [-0.4, -0.2) is 16.1 Å². The number of nitrogens with zero attached hydrogens (tertiary/aromatic N) is 1. The van der Waals surface area contributed by atoms with E-state index < -0.39 is 28.7 Å². The summed E-state index contributed by atoms with van der Waals surface area (Å²) >= 11 is 6.81. The summed E-state index contributed by atoms with van der Waals surface area (Å²) in [5.74, 6) is -0.968. The Labute approximate surface area is 144 Å². The van der Waals surface area contributed by atoms with Gasteiger partial charge in [-0.3, -0.25) is 4.79 Å². The molecule has 1 atom stereocenters. The summed E-state index contributed by atoms with van der Waals surface area (Å²) in [6.45, 7) is 1.57. The minimum absolute atomic E-state index is 0.0493. The molecule has 0 saturated heterocycles. The van der Waals surface area contributed by atoms with Gasteiger partial charge in [-0.15, -0.1) is 0 Å². The minimum atomic E-state index is -4.46. The number of thioether (sulfide) groups is 1. The SMILES string of the molecule is CC(Sc1ccc(C(F)(F)F)cn1)C(=O)Nc1ccc(F)cc1Cl. The highest BCUT2D eigenvalue weighted by Gasteiger charge is 2.30. The summed E-state index contributed by atoms with van der Waals surface area (Å²) in [5, 5.41) is 2.21. The van der Waals surface area contributed by atoms with Crippen molar-refractivity contribution < 1.29 is 22.4 Å². The number of hydrogen-bond donors (Lipinski definition) is 1. The largest absolute Gasteiger partial charge is 0.417 e. The molecule has 1 amide bonds. The van der Waals surface area contributed by atoms with Crippen molar-refractivity contribution in [1.82, 2.24) is 4.98 Å². The summed E-state index contributed by atoms with van der Waals surface area (Å²) in [6.07, 6.45) is -3.75. The zero-order valence-electron chi connectivity index (χ0n) is 12.2. The number of hydrogen-bond acceptors (Lipinski definition) is 3. The number of benzene rings is 1. The lowest BCUT2D eigenvalue weighted by molar-refractivity contribution is -0.137. The van der Waals surface area contributed by atoms with Crippen molar-refractivity contribution in [3.05, 3.63) is 52.9 Å². The van der Waals surface area contributed by atoms with Crippen molar-refractivity contribution in [1.29, 1.82) is 0 Å². The van der Waals surface area contributed by atoms with Gasteiger partial charge >= 0.3 is 6.18 Å². The van der Waals surface area contributed by atoms with Crippen LogP contribution in [0.4, 0.5) is 23.2 Å². The minimum Gasteiger partial charge on any atom is -0.324 e. The fraction of sp³-hybridized carbons (Fsp3) is 0.200. The number of amides is 1. The van der Waals surface area contributed by atoms with Crippen LogP contribution in [0.15, 0.2) is 41.6 Å². The van der Waals surface area contributed by atoms with Crippen LogP contribution < -0.4 is 5.32 Å². The van der Waals surface area contributed by atoms with Gasteiger partial charge in [0.25, 0.3) is 0 Å². The van der Waals surface area contributed by atoms with E-state index in [-0.39, 0.29) is 15.7 Å². The Morgan fingerprint density at radius 3 is 2.54 bits per heavy atom. The van der Waals surface area contributed by atoms with Gasteiger partial charge in [0, 0.05) is 6.20 Å². The highest BCUT2D eigenvalue weighted by atomic mass is 35.5. The topological polar surface area (TPSA) is 42.0 Å². The molecule has 0 bridgehead atoms. The van der Waals surface area contributed by atoms with Crippen LogP contribution >= 0.6 is 23.4 Å². The third-order valence-corrected chi connectivity index (χ3v) is 4.28. The van der Waals surface area contributed by atoms with Gasteiger partial charge < -0.3 is 5.32 Å². The van der Waals surface area contributed by atoms with Gasteiger partial charge in [-0.05, 0) is 37.3 Å². The first-order chi connectivity index (χ1) is 11.2. The van der Waals surface area contributed by atoms with E-state index in [0.717, 1.165) is 30.0 Å². The van der Waals surface area contributed by atoms with Gasteiger partial charge in [0.05, 0.1) is 26.5 Å². The van der Waals surface area contributed by atoms with Crippen molar-refractivity contribution >= 4 is 35.0 Å². The Hall–Kier alpha value is -1.80. The second kappa shape index (κ2) is 7.40. The second-order valence-corrected chi connectivity index (χ2v) is 6.52. The summed E-state index contributed by atoms with van der Waals surface area (Å²) < 4.78 is 50.4. The van der Waals surface area contributed by atoms with E-state index in [1.165, 1.54) is 12.1 Å². The number of alkyl halides is 3. The normalized spacial score (nSPS) is 12.8. The van der Waals surface area contributed by atoms with E-state index in [4.69, 9.17) is 11.6 Å². The molecule has 2 aromatic rings. The summed E-state index contributed by atoms with van der Waals surface area (Å²) in [5.41, 5.74) is -0.613. The molecule has 24 heavy (non-hydrogen) atoms. The average molecular weight is 379 g/mol. The molecule has 128 valence electrons. The highest BCUT2D eigenvalue weighted by Crippen LogP contribution is 2.31. The zero-order valence-corrected chi connectivity index (χ0v) is 13.8. The maximum atomic E-state index is 13.0. The molecule has 3 nitrogen and oxygen atoms in total. The molecule has 1 unspecified atom stereocenters. The third kappa shape index (κ3) is 4.85. The highest BCUT2D eigenvalue weighted by molar-refractivity contribution is 8.00. The predicted octanol–water partition coefficient (Wildman–Crippen LogP) is 5.01. The van der Waals surface area contributed by atoms with E-state index in [0.29, 0.717) is 6.20 Å². The molecule has 0 fully saturated rings. The van der Waals surface area contributed by atoms with Crippen molar-refractivity contribution in [3.8, 4) is 0 Å². The Morgan fingerprint density at radius 2 is 2.00 bits per heavy atom. The number of pyridine rings is 1. The first kappa shape index (κ1) is 18.5. The molecule has 0 aliphatic heterocycles. The number of anilines is 1. The lowest BCUT2D eigenvalue weighted by Gasteiger charge is -2.13. The molecule has 9 heteroatoms. The molecular weight excluding hydrogens is 368 g/mol. The maximum Gasteiger partial charge on any atom is 0.417 e. The van der Waals surface area contributed by atoms with Gasteiger partial charge in [-0.25, -0.2) is 9.37 Å². The molecular formula is C15H11ClF4N2OS. The molecule has 1 aromatic heterocycles. The van der Waals surface area contributed by atoms with Crippen LogP contribution in [0.3, 0.4) is 0 Å². The zero-order chi connectivity index (χ0) is 17.9. The number of nitrogens with one attached hydrogen (secondary N) is 1. The summed E-state index contributed by atoms with van der Waals surface area (Å²) in [6, 6.07) is 5.63. The Kier molecular flexibility index (Phi) is 5.71. The van der Waals surface area contributed by atoms with E-state index in [1.807, 2.05) is 0 Å². The van der Waals surface area contributed by atoms with E-state index >= 15 is 0 Å². The fourth-order valence-electron chi connectivity index (χ4n) is 1.68. The molecule has 0 saturated carbocycles. The van der Waals surface area contributed by atoms with Crippen LogP contribution in [0.5, 0.6) is 0 Å². The number of carbonyl (C=O) groups is 1. The summed E-state index contributed by atoms with van der Waals surface area (Å²) in [4.78, 5) is 15.8. The number of rotatable bonds is 4. The monoisotopic (exact) mass is 378 g/mol. The molecule has 0 aliphatic carbocycles. The van der Waals surface area contributed by atoms with Crippen LogP contribution in [0.25, 0.3) is 0 Å². The smallest absolute Gasteiger partial charge is 0.324 e. The van der Waals surface area contributed by atoms with Gasteiger partial charge in [-0.1, -0.05) is 23.4 Å². The maximum absolute atomic E-state index is 13.0. The molecule has 2 rings (SSSR count). The quantitative estimate of drug-likeness (QED) is 0.600. The molecule has 0 spiro atoms. The van der Waals surface area contributed by atoms with Crippen LogP contribution in [0.1, 0.15) is 12.5 Å². The van der Waals surface area contributed by atoms with Crippen molar-refractivity contribution in [3.63, 3.8) is 0 Å². The van der Waals surface area contributed by atoms with Crippen LogP contribution in [0.2, 0.25) is 5.02 Å².